The third-order valence-electron chi connectivity index (χ3n) is 3.95. The molecule has 7 heteroatoms. The molecule has 0 bridgehead atoms. The van der Waals surface area contributed by atoms with Gasteiger partial charge in [0.2, 0.25) is 12.7 Å². The van der Waals surface area contributed by atoms with Crippen LogP contribution in [0, 0.1) is 5.82 Å². The van der Waals surface area contributed by atoms with E-state index >= 15 is 0 Å². The van der Waals surface area contributed by atoms with E-state index in [-0.39, 0.29) is 18.5 Å². The van der Waals surface area contributed by atoms with Crippen molar-refractivity contribution in [1.29, 1.82) is 0 Å². The van der Waals surface area contributed by atoms with E-state index in [1.807, 2.05) is 18.2 Å². The summed E-state index contributed by atoms with van der Waals surface area (Å²) in [6, 6.07) is 11.9. The van der Waals surface area contributed by atoms with Gasteiger partial charge in [-0.1, -0.05) is 18.2 Å². The van der Waals surface area contributed by atoms with Crippen molar-refractivity contribution in [2.45, 2.75) is 12.8 Å². The molecular formula is C19H15FN2O3S. The molecule has 0 spiro atoms. The van der Waals surface area contributed by atoms with Gasteiger partial charge in [-0.25, -0.2) is 9.37 Å². The van der Waals surface area contributed by atoms with Crippen molar-refractivity contribution >= 4 is 22.4 Å². The molecule has 0 saturated heterocycles. The minimum Gasteiger partial charge on any atom is -0.454 e. The summed E-state index contributed by atoms with van der Waals surface area (Å²) in [4.78, 5) is 16.5. The van der Waals surface area contributed by atoms with E-state index in [1.165, 1.54) is 23.5 Å². The molecular weight excluding hydrogens is 355 g/mol. The maximum atomic E-state index is 13.3. The standard InChI is InChI=1S/C19H15FN2O3S/c20-14-3-1-2-13(9-14)15-10-26-19(21-15)22-18(23)7-5-12-4-6-16-17(8-12)25-11-24-16/h1-4,6,8-10H,5,7,11H2,(H,21,22,23). The average molecular weight is 370 g/mol. The molecule has 132 valence electrons. The highest BCUT2D eigenvalue weighted by Gasteiger charge is 2.14. The average Bonchev–Trinajstić information content (AvgIpc) is 3.28. The van der Waals surface area contributed by atoms with Crippen LogP contribution >= 0.6 is 11.3 Å². The summed E-state index contributed by atoms with van der Waals surface area (Å²) < 4.78 is 23.9. The molecule has 0 atom stereocenters. The van der Waals surface area contributed by atoms with E-state index in [1.54, 1.807) is 17.5 Å². The summed E-state index contributed by atoms with van der Waals surface area (Å²) in [6.07, 6.45) is 0.916. The zero-order valence-electron chi connectivity index (χ0n) is 13.7. The van der Waals surface area contributed by atoms with Gasteiger partial charge in [0.1, 0.15) is 5.82 Å². The van der Waals surface area contributed by atoms with E-state index in [0.717, 1.165) is 11.3 Å². The molecule has 2 heterocycles. The predicted molar refractivity (Wildman–Crippen MR) is 97.0 cm³/mol. The van der Waals surface area contributed by atoms with Gasteiger partial charge in [0.05, 0.1) is 5.69 Å². The Balaban J connectivity index is 1.35. The lowest BCUT2D eigenvalue weighted by molar-refractivity contribution is -0.116. The number of fused-ring (bicyclic) bond motifs is 1. The second-order valence-electron chi connectivity index (χ2n) is 5.78. The Bertz CT molecular complexity index is 957. The first kappa shape index (κ1) is 16.5. The van der Waals surface area contributed by atoms with Crippen LogP contribution < -0.4 is 14.8 Å². The van der Waals surface area contributed by atoms with Crippen LogP contribution in [-0.2, 0) is 11.2 Å². The van der Waals surface area contributed by atoms with Crippen LogP contribution in [0.2, 0.25) is 0 Å². The molecule has 0 saturated carbocycles. The number of halogens is 1. The molecule has 1 aliphatic heterocycles. The minimum atomic E-state index is -0.315. The highest BCUT2D eigenvalue weighted by Crippen LogP contribution is 2.32. The monoisotopic (exact) mass is 370 g/mol. The number of anilines is 1. The normalized spacial score (nSPS) is 12.2. The van der Waals surface area contributed by atoms with Gasteiger partial charge in [-0.2, -0.15) is 0 Å². The first-order valence-corrected chi connectivity index (χ1v) is 8.95. The molecule has 0 fully saturated rings. The largest absolute Gasteiger partial charge is 0.454 e. The topological polar surface area (TPSA) is 60.5 Å². The summed E-state index contributed by atoms with van der Waals surface area (Å²) in [5, 5.41) is 5.08. The van der Waals surface area contributed by atoms with Crippen molar-refractivity contribution < 1.29 is 18.7 Å². The van der Waals surface area contributed by atoms with Gasteiger partial charge in [-0.05, 0) is 36.2 Å². The SMILES string of the molecule is O=C(CCc1ccc2c(c1)OCO2)Nc1nc(-c2cccc(F)c2)cs1. The van der Waals surface area contributed by atoms with Crippen molar-refractivity contribution in [3.05, 3.63) is 59.2 Å². The third kappa shape index (κ3) is 3.67. The number of amides is 1. The Morgan fingerprint density at radius 2 is 2.08 bits per heavy atom. The molecule has 0 aliphatic carbocycles. The number of aromatic nitrogens is 1. The number of hydrogen-bond acceptors (Lipinski definition) is 5. The van der Waals surface area contributed by atoms with Crippen LogP contribution in [-0.4, -0.2) is 17.7 Å². The molecule has 1 aromatic heterocycles. The first-order chi connectivity index (χ1) is 12.7. The quantitative estimate of drug-likeness (QED) is 0.729. The zero-order valence-corrected chi connectivity index (χ0v) is 14.5. The summed E-state index contributed by atoms with van der Waals surface area (Å²) in [5.74, 6) is 1.00. The first-order valence-electron chi connectivity index (χ1n) is 8.07. The lowest BCUT2D eigenvalue weighted by atomic mass is 10.1. The number of nitrogens with zero attached hydrogens (tertiary/aromatic N) is 1. The van der Waals surface area contributed by atoms with Gasteiger partial charge >= 0.3 is 0 Å². The van der Waals surface area contributed by atoms with Crippen molar-refractivity contribution in [1.82, 2.24) is 4.98 Å². The fourth-order valence-corrected chi connectivity index (χ4v) is 3.38. The molecule has 0 radical (unpaired) electrons. The highest BCUT2D eigenvalue weighted by molar-refractivity contribution is 7.14. The number of rotatable bonds is 5. The Morgan fingerprint density at radius 1 is 1.19 bits per heavy atom. The minimum absolute atomic E-state index is 0.122. The fourth-order valence-electron chi connectivity index (χ4n) is 2.65. The molecule has 1 aliphatic rings. The van der Waals surface area contributed by atoms with Gasteiger partial charge in [0, 0.05) is 17.4 Å². The molecule has 26 heavy (non-hydrogen) atoms. The maximum Gasteiger partial charge on any atom is 0.231 e. The van der Waals surface area contributed by atoms with Crippen LogP contribution in [0.3, 0.4) is 0 Å². The number of aryl methyl sites for hydroxylation is 1. The molecule has 1 N–H and O–H groups in total. The molecule has 0 unspecified atom stereocenters. The van der Waals surface area contributed by atoms with Crippen LogP contribution in [0.15, 0.2) is 47.8 Å². The molecule has 2 aromatic carbocycles. The lowest BCUT2D eigenvalue weighted by Crippen LogP contribution is -2.12. The summed E-state index contributed by atoms with van der Waals surface area (Å²) in [7, 11) is 0. The molecule has 3 aromatic rings. The number of hydrogen-bond donors (Lipinski definition) is 1. The van der Waals surface area contributed by atoms with Crippen molar-refractivity contribution in [2.75, 3.05) is 12.1 Å². The van der Waals surface area contributed by atoms with E-state index in [4.69, 9.17) is 9.47 Å². The Hall–Kier alpha value is -2.93. The number of ether oxygens (including phenoxy) is 2. The van der Waals surface area contributed by atoms with E-state index in [9.17, 15) is 9.18 Å². The zero-order chi connectivity index (χ0) is 17.9. The second kappa shape index (κ2) is 7.13. The predicted octanol–water partition coefficient (Wildman–Crippen LogP) is 4.25. The fraction of sp³-hybridized carbons (Fsp3) is 0.158. The van der Waals surface area contributed by atoms with Crippen molar-refractivity contribution in [3.63, 3.8) is 0 Å². The smallest absolute Gasteiger partial charge is 0.231 e. The number of carbonyl (C=O) groups excluding carboxylic acids is 1. The Kier molecular flexibility index (Phi) is 4.53. The van der Waals surface area contributed by atoms with Gasteiger partial charge in [-0.3, -0.25) is 4.79 Å². The van der Waals surface area contributed by atoms with Crippen molar-refractivity contribution in [2.24, 2.45) is 0 Å². The molecule has 5 nitrogen and oxygen atoms in total. The van der Waals surface area contributed by atoms with E-state index in [2.05, 4.69) is 10.3 Å². The summed E-state index contributed by atoms with van der Waals surface area (Å²) >= 11 is 1.31. The van der Waals surface area contributed by atoms with Crippen LogP contribution in [0.25, 0.3) is 11.3 Å². The Labute approximate surface area is 153 Å². The van der Waals surface area contributed by atoms with Crippen LogP contribution in [0.1, 0.15) is 12.0 Å². The van der Waals surface area contributed by atoms with Crippen LogP contribution in [0.4, 0.5) is 9.52 Å². The van der Waals surface area contributed by atoms with Crippen molar-refractivity contribution in [3.8, 4) is 22.8 Å². The van der Waals surface area contributed by atoms with Crippen LogP contribution in [0.5, 0.6) is 11.5 Å². The van der Waals surface area contributed by atoms with E-state index in [0.29, 0.717) is 35.0 Å². The highest BCUT2D eigenvalue weighted by atomic mass is 32.1. The van der Waals surface area contributed by atoms with E-state index < -0.39 is 0 Å². The second-order valence-corrected chi connectivity index (χ2v) is 6.64. The number of carbonyl (C=O) groups is 1. The summed E-state index contributed by atoms with van der Waals surface area (Å²) in [6.45, 7) is 0.233. The van der Waals surface area contributed by atoms with Gasteiger partial charge in [-0.15, -0.1) is 11.3 Å². The molecule has 1 amide bonds. The van der Waals surface area contributed by atoms with Gasteiger partial charge in [0.15, 0.2) is 16.6 Å². The Morgan fingerprint density at radius 3 is 2.96 bits per heavy atom. The van der Waals surface area contributed by atoms with Gasteiger partial charge in [0.25, 0.3) is 0 Å². The number of thiazole rings is 1. The number of benzene rings is 2. The lowest BCUT2D eigenvalue weighted by Gasteiger charge is -2.04. The number of nitrogens with one attached hydrogen (secondary N) is 1. The molecule has 4 rings (SSSR count). The van der Waals surface area contributed by atoms with Gasteiger partial charge < -0.3 is 14.8 Å². The maximum absolute atomic E-state index is 13.3. The summed E-state index contributed by atoms with van der Waals surface area (Å²) in [5.41, 5.74) is 2.33. The third-order valence-corrected chi connectivity index (χ3v) is 4.71.